The maximum absolute atomic E-state index is 14.6. The second-order valence-corrected chi connectivity index (χ2v) is 10.2. The molecule has 0 heterocycles. The maximum atomic E-state index is 14.6. The second-order valence-electron chi connectivity index (χ2n) is 10.2. The molecule has 0 saturated heterocycles. The molecule has 2 nitrogen and oxygen atoms in total. The first-order valence-corrected chi connectivity index (χ1v) is 11.7. The minimum atomic E-state index is -7.93. The van der Waals surface area contributed by atoms with Crippen LogP contribution in [0.4, 0.5) is 57.1 Å². The highest BCUT2D eigenvalue weighted by atomic mass is 19.4. The lowest BCUT2D eigenvalue weighted by Gasteiger charge is -2.47. The van der Waals surface area contributed by atoms with Gasteiger partial charge in [-0.1, -0.05) is 32.6 Å². The van der Waals surface area contributed by atoms with Crippen LogP contribution in [0.2, 0.25) is 0 Å². The Morgan fingerprint density at radius 3 is 1.51 bits per heavy atom. The average Bonchev–Trinajstić information content (AvgIpc) is 2.78. The molecule has 2 saturated carbocycles. The standard InChI is InChI=1S/C22H27F13O2/c1-2-3-12-4-6-13(7-5-12)16(15(36)37)10-8-14(9-11-16)17(23,24)18(25,26)19(27,28)20(29,30)21(31,32)22(33,34)35/h12-14H,2-11H2,1H3,(H,36,37). The van der Waals surface area contributed by atoms with Crippen molar-refractivity contribution in [3.63, 3.8) is 0 Å². The third-order valence-corrected chi connectivity index (χ3v) is 8.10. The highest BCUT2D eigenvalue weighted by Crippen LogP contribution is 2.63. The van der Waals surface area contributed by atoms with Crippen molar-refractivity contribution in [1.29, 1.82) is 0 Å². The predicted molar refractivity (Wildman–Crippen MR) is 103 cm³/mol. The molecule has 0 unspecified atom stereocenters. The van der Waals surface area contributed by atoms with Gasteiger partial charge in [-0.2, -0.15) is 57.1 Å². The van der Waals surface area contributed by atoms with E-state index >= 15 is 0 Å². The zero-order valence-electron chi connectivity index (χ0n) is 19.6. The van der Waals surface area contributed by atoms with E-state index < -0.39 is 84.7 Å². The highest BCUT2D eigenvalue weighted by molar-refractivity contribution is 5.75. The fraction of sp³-hybridized carbons (Fsp3) is 0.955. The molecule has 37 heavy (non-hydrogen) atoms. The predicted octanol–water partition coefficient (Wildman–Crippen LogP) is 8.59. The third kappa shape index (κ3) is 4.89. The van der Waals surface area contributed by atoms with Gasteiger partial charge in [0.25, 0.3) is 0 Å². The zero-order chi connectivity index (χ0) is 28.9. The van der Waals surface area contributed by atoms with E-state index in [1.807, 2.05) is 6.92 Å². The number of aliphatic carboxylic acids is 1. The second kappa shape index (κ2) is 9.95. The number of carbonyl (C=O) groups is 1. The summed E-state index contributed by atoms with van der Waals surface area (Å²) in [6, 6.07) is 0. The van der Waals surface area contributed by atoms with Gasteiger partial charge in [-0.3, -0.25) is 4.79 Å². The van der Waals surface area contributed by atoms with Gasteiger partial charge in [0.1, 0.15) is 0 Å². The van der Waals surface area contributed by atoms with Crippen LogP contribution in [0.5, 0.6) is 0 Å². The molecule has 2 rings (SSSR count). The van der Waals surface area contributed by atoms with Crippen LogP contribution in [0.3, 0.4) is 0 Å². The molecule has 15 heteroatoms. The van der Waals surface area contributed by atoms with Gasteiger partial charge < -0.3 is 5.11 Å². The highest BCUT2D eigenvalue weighted by Gasteiger charge is 2.91. The summed E-state index contributed by atoms with van der Waals surface area (Å²) in [4.78, 5) is 12.1. The summed E-state index contributed by atoms with van der Waals surface area (Å²) in [6.07, 6.45) is -7.43. The molecule has 1 N–H and O–H groups in total. The quantitative estimate of drug-likeness (QED) is 0.282. The van der Waals surface area contributed by atoms with E-state index in [-0.39, 0.29) is 0 Å². The summed E-state index contributed by atoms with van der Waals surface area (Å²) in [5.74, 6) is -41.5. The Labute approximate surface area is 203 Å². The van der Waals surface area contributed by atoms with Gasteiger partial charge >= 0.3 is 41.8 Å². The van der Waals surface area contributed by atoms with E-state index in [1.165, 1.54) is 0 Å². The molecule has 2 fully saturated rings. The molecule has 218 valence electrons. The van der Waals surface area contributed by atoms with Crippen LogP contribution in [0, 0.1) is 23.2 Å². The number of alkyl halides is 13. The number of carboxylic acids is 1. The molecule has 0 aromatic rings. The minimum Gasteiger partial charge on any atom is -0.481 e. The van der Waals surface area contributed by atoms with E-state index in [0.717, 1.165) is 12.8 Å². The Morgan fingerprint density at radius 2 is 1.14 bits per heavy atom. The van der Waals surface area contributed by atoms with Crippen molar-refractivity contribution in [3.05, 3.63) is 0 Å². The lowest BCUT2D eigenvalue weighted by Crippen LogP contribution is -2.71. The van der Waals surface area contributed by atoms with Crippen LogP contribution in [-0.4, -0.2) is 46.9 Å². The van der Waals surface area contributed by atoms with Crippen LogP contribution in [-0.2, 0) is 4.79 Å². The van der Waals surface area contributed by atoms with Crippen molar-refractivity contribution in [2.75, 3.05) is 0 Å². The minimum absolute atomic E-state index is 0.310. The summed E-state index contributed by atoms with van der Waals surface area (Å²) in [5.41, 5.74) is -1.67. The van der Waals surface area contributed by atoms with Crippen LogP contribution >= 0.6 is 0 Å². The average molecular weight is 570 g/mol. The number of hydrogen-bond acceptors (Lipinski definition) is 1. The Hall–Kier alpha value is -1.44. The van der Waals surface area contributed by atoms with E-state index in [9.17, 15) is 67.0 Å². The van der Waals surface area contributed by atoms with Gasteiger partial charge in [-0.05, 0) is 50.4 Å². The van der Waals surface area contributed by atoms with E-state index in [0.29, 0.717) is 31.6 Å². The lowest BCUT2D eigenvalue weighted by molar-refractivity contribution is -0.443. The summed E-state index contributed by atoms with van der Waals surface area (Å²) >= 11 is 0. The Morgan fingerprint density at radius 1 is 0.703 bits per heavy atom. The van der Waals surface area contributed by atoms with Crippen LogP contribution in [0.1, 0.15) is 71.1 Å². The lowest BCUT2D eigenvalue weighted by atomic mass is 9.58. The van der Waals surface area contributed by atoms with Gasteiger partial charge in [0.05, 0.1) is 5.41 Å². The summed E-state index contributed by atoms with van der Waals surface area (Å²) in [7, 11) is 0. The summed E-state index contributed by atoms with van der Waals surface area (Å²) in [6.45, 7) is 1.95. The Balaban J connectivity index is 2.29. The number of halogens is 13. The van der Waals surface area contributed by atoms with Crippen molar-refractivity contribution in [1.82, 2.24) is 0 Å². The maximum Gasteiger partial charge on any atom is 0.460 e. The zero-order valence-corrected chi connectivity index (χ0v) is 19.6. The molecule has 0 spiro atoms. The molecule has 0 radical (unpaired) electrons. The molecule has 2 aliphatic rings. The van der Waals surface area contributed by atoms with Gasteiger partial charge in [0.2, 0.25) is 0 Å². The fourth-order valence-corrected chi connectivity index (χ4v) is 5.74. The molecule has 0 amide bonds. The van der Waals surface area contributed by atoms with E-state index in [4.69, 9.17) is 0 Å². The first-order chi connectivity index (χ1) is 16.5. The van der Waals surface area contributed by atoms with Crippen molar-refractivity contribution in [2.45, 2.75) is 107 Å². The number of rotatable bonds is 9. The first kappa shape index (κ1) is 31.8. The summed E-state index contributed by atoms with van der Waals surface area (Å²) < 4.78 is 175. The largest absolute Gasteiger partial charge is 0.481 e. The van der Waals surface area contributed by atoms with Crippen molar-refractivity contribution >= 4 is 5.97 Å². The molecular formula is C22H27F13O2. The molecule has 0 atom stereocenters. The fourth-order valence-electron chi connectivity index (χ4n) is 5.74. The molecule has 0 aromatic heterocycles. The Kier molecular flexibility index (Phi) is 8.54. The van der Waals surface area contributed by atoms with Crippen molar-refractivity contribution < 1.29 is 67.0 Å². The molecule has 0 aliphatic heterocycles. The SMILES string of the molecule is CCCC1CCC(C2(C(=O)O)CCC(C(F)(F)C(F)(F)C(F)(F)C(F)(F)C(F)(F)C(F)(F)F)CC2)CC1. The third-order valence-electron chi connectivity index (χ3n) is 8.10. The van der Waals surface area contributed by atoms with Gasteiger partial charge in [-0.15, -0.1) is 0 Å². The normalized spacial score (nSPS) is 29.3. The number of hydrogen-bond donors (Lipinski definition) is 1. The molecule has 0 bridgehead atoms. The van der Waals surface area contributed by atoms with Crippen LogP contribution < -0.4 is 0 Å². The molecule has 2 aliphatic carbocycles. The van der Waals surface area contributed by atoms with Crippen molar-refractivity contribution in [2.24, 2.45) is 23.2 Å². The van der Waals surface area contributed by atoms with Gasteiger partial charge in [-0.25, -0.2) is 0 Å². The van der Waals surface area contributed by atoms with E-state index in [2.05, 4.69) is 0 Å². The molecule has 0 aromatic carbocycles. The summed E-state index contributed by atoms with van der Waals surface area (Å²) in [5, 5.41) is 9.82. The van der Waals surface area contributed by atoms with Gasteiger partial charge in [0.15, 0.2) is 0 Å². The molecular weight excluding hydrogens is 543 g/mol. The van der Waals surface area contributed by atoms with Crippen LogP contribution in [0.15, 0.2) is 0 Å². The van der Waals surface area contributed by atoms with Crippen molar-refractivity contribution in [3.8, 4) is 0 Å². The monoisotopic (exact) mass is 570 g/mol. The topological polar surface area (TPSA) is 37.3 Å². The first-order valence-electron chi connectivity index (χ1n) is 11.7. The van der Waals surface area contributed by atoms with E-state index in [1.54, 1.807) is 0 Å². The number of carboxylic acid groups (broad SMARTS) is 1. The smallest absolute Gasteiger partial charge is 0.460 e. The van der Waals surface area contributed by atoms with Crippen LogP contribution in [0.25, 0.3) is 0 Å². The Bertz CT molecular complexity index is 806. The van der Waals surface area contributed by atoms with Gasteiger partial charge in [0, 0.05) is 5.92 Å².